The first-order valence-corrected chi connectivity index (χ1v) is 8.31. The van der Waals surface area contributed by atoms with E-state index in [1.165, 1.54) is 10.2 Å². The monoisotopic (exact) mass is 320 g/mol. The van der Waals surface area contributed by atoms with Crippen LogP contribution in [0.1, 0.15) is 30.7 Å². The van der Waals surface area contributed by atoms with Crippen LogP contribution in [0.2, 0.25) is 0 Å². The fourth-order valence-corrected chi connectivity index (χ4v) is 3.07. The maximum atomic E-state index is 11.9. The highest BCUT2D eigenvalue weighted by Gasteiger charge is 2.10. The van der Waals surface area contributed by atoms with Gasteiger partial charge in [-0.3, -0.25) is 4.79 Å². The Kier molecular flexibility index (Phi) is 7.18. The van der Waals surface area contributed by atoms with E-state index in [1.54, 1.807) is 25.9 Å². The van der Waals surface area contributed by atoms with E-state index in [9.17, 15) is 4.79 Å². The fraction of sp³-hybridized carbons (Fsp3) is 0.412. The number of hydrogen-bond donors (Lipinski definition) is 0. The van der Waals surface area contributed by atoms with Crippen molar-refractivity contribution in [1.82, 2.24) is 9.78 Å². The SMILES string of the molecule is CC.COc1ccc(CSc2c(C)nn(C)c(=O)c2C)cc1. The van der Waals surface area contributed by atoms with Crippen LogP contribution in [-0.4, -0.2) is 16.9 Å². The summed E-state index contributed by atoms with van der Waals surface area (Å²) in [4.78, 5) is 12.9. The van der Waals surface area contributed by atoms with Gasteiger partial charge in [0.15, 0.2) is 0 Å². The first-order chi connectivity index (χ1) is 10.5. The minimum Gasteiger partial charge on any atom is -0.497 e. The molecule has 4 nitrogen and oxygen atoms in total. The molecule has 1 aromatic carbocycles. The smallest absolute Gasteiger partial charge is 0.270 e. The Balaban J connectivity index is 0.00000116. The largest absolute Gasteiger partial charge is 0.497 e. The maximum Gasteiger partial charge on any atom is 0.270 e. The predicted octanol–water partition coefficient (Wildman–Crippen LogP) is 3.72. The van der Waals surface area contributed by atoms with Crippen molar-refractivity contribution >= 4 is 11.8 Å². The molecule has 0 saturated carbocycles. The highest BCUT2D eigenvalue weighted by molar-refractivity contribution is 7.98. The molecular weight excluding hydrogens is 296 g/mol. The number of nitrogens with zero attached hydrogens (tertiary/aromatic N) is 2. The van der Waals surface area contributed by atoms with Crippen LogP contribution in [0.15, 0.2) is 34.0 Å². The minimum atomic E-state index is -0.0344. The molecule has 0 N–H and O–H groups in total. The number of benzene rings is 1. The molecule has 0 radical (unpaired) electrons. The number of methoxy groups -OCH3 is 1. The summed E-state index contributed by atoms with van der Waals surface area (Å²) in [6.45, 7) is 7.79. The van der Waals surface area contributed by atoms with Gasteiger partial charge in [0, 0.05) is 23.3 Å². The van der Waals surface area contributed by atoms with E-state index in [0.29, 0.717) is 0 Å². The van der Waals surface area contributed by atoms with Crippen LogP contribution < -0.4 is 10.3 Å². The Hall–Kier alpha value is -1.75. The van der Waals surface area contributed by atoms with Crippen molar-refractivity contribution in [1.29, 1.82) is 0 Å². The fourth-order valence-electron chi connectivity index (χ4n) is 2.02. The zero-order chi connectivity index (χ0) is 16.7. The summed E-state index contributed by atoms with van der Waals surface area (Å²) in [5.74, 6) is 1.65. The summed E-state index contributed by atoms with van der Waals surface area (Å²) < 4.78 is 6.53. The van der Waals surface area contributed by atoms with Crippen molar-refractivity contribution in [3.63, 3.8) is 0 Å². The van der Waals surface area contributed by atoms with Crippen molar-refractivity contribution in [2.75, 3.05) is 7.11 Å². The van der Waals surface area contributed by atoms with Gasteiger partial charge in [0.05, 0.1) is 12.8 Å². The van der Waals surface area contributed by atoms with Crippen LogP contribution in [-0.2, 0) is 12.8 Å². The van der Waals surface area contributed by atoms with Crippen molar-refractivity contribution < 1.29 is 4.74 Å². The van der Waals surface area contributed by atoms with Gasteiger partial charge in [-0.15, -0.1) is 11.8 Å². The number of thioether (sulfide) groups is 1. The topological polar surface area (TPSA) is 44.1 Å². The first-order valence-electron chi connectivity index (χ1n) is 7.33. The quantitative estimate of drug-likeness (QED) is 0.805. The van der Waals surface area contributed by atoms with Gasteiger partial charge in [0.25, 0.3) is 5.56 Å². The van der Waals surface area contributed by atoms with Crippen molar-refractivity contribution in [3.05, 3.63) is 51.4 Å². The van der Waals surface area contributed by atoms with Crippen molar-refractivity contribution in [2.45, 2.75) is 38.3 Å². The molecule has 2 aromatic rings. The minimum absolute atomic E-state index is 0.0344. The third-order valence-electron chi connectivity index (χ3n) is 3.13. The Morgan fingerprint density at radius 2 is 1.77 bits per heavy atom. The third kappa shape index (κ3) is 4.37. The molecule has 0 aliphatic carbocycles. The van der Waals surface area contributed by atoms with Crippen LogP contribution >= 0.6 is 11.8 Å². The lowest BCUT2D eigenvalue weighted by Crippen LogP contribution is -2.23. The lowest BCUT2D eigenvalue weighted by atomic mass is 10.2. The number of aryl methyl sites for hydroxylation is 2. The predicted molar refractivity (Wildman–Crippen MR) is 92.9 cm³/mol. The van der Waals surface area contributed by atoms with E-state index >= 15 is 0 Å². The molecule has 0 unspecified atom stereocenters. The highest BCUT2D eigenvalue weighted by Crippen LogP contribution is 2.27. The van der Waals surface area contributed by atoms with Crippen molar-refractivity contribution in [2.24, 2.45) is 7.05 Å². The van der Waals surface area contributed by atoms with E-state index in [2.05, 4.69) is 5.10 Å². The van der Waals surface area contributed by atoms with Gasteiger partial charge in [-0.25, -0.2) is 4.68 Å². The second-order valence-corrected chi connectivity index (χ2v) is 5.59. The molecule has 2 rings (SSSR count). The molecule has 0 bridgehead atoms. The van der Waals surface area contributed by atoms with Crippen molar-refractivity contribution in [3.8, 4) is 5.75 Å². The summed E-state index contributed by atoms with van der Waals surface area (Å²) in [6, 6.07) is 7.95. The number of hydrogen-bond acceptors (Lipinski definition) is 4. The summed E-state index contributed by atoms with van der Waals surface area (Å²) in [5, 5.41) is 4.24. The molecule has 0 aliphatic heterocycles. The van der Waals surface area contributed by atoms with Crippen LogP contribution in [0.5, 0.6) is 5.75 Å². The molecule has 0 fully saturated rings. The summed E-state index contributed by atoms with van der Waals surface area (Å²) >= 11 is 1.65. The normalized spacial score (nSPS) is 9.91. The van der Waals surface area contributed by atoms with Gasteiger partial charge in [0.1, 0.15) is 5.75 Å². The van der Waals surface area contributed by atoms with E-state index in [-0.39, 0.29) is 5.56 Å². The summed E-state index contributed by atoms with van der Waals surface area (Å²) in [6.07, 6.45) is 0. The first kappa shape index (κ1) is 18.3. The number of ether oxygens (including phenoxy) is 1. The van der Waals surface area contributed by atoms with Gasteiger partial charge >= 0.3 is 0 Å². The van der Waals surface area contributed by atoms with Crippen LogP contribution in [0.25, 0.3) is 0 Å². The molecule has 1 heterocycles. The standard InChI is InChI=1S/C15H18N2O2S.C2H6/c1-10-14(11(2)16-17(3)15(10)18)20-9-12-5-7-13(19-4)8-6-12;1-2/h5-8H,9H2,1-4H3;1-2H3. The Morgan fingerprint density at radius 1 is 1.18 bits per heavy atom. The second kappa shape index (κ2) is 8.63. The van der Waals surface area contributed by atoms with E-state index in [1.807, 2.05) is 52.0 Å². The molecule has 5 heteroatoms. The van der Waals surface area contributed by atoms with Crippen LogP contribution in [0.3, 0.4) is 0 Å². The van der Waals surface area contributed by atoms with E-state index in [4.69, 9.17) is 4.74 Å². The van der Waals surface area contributed by atoms with E-state index in [0.717, 1.165) is 27.7 Å². The number of aromatic nitrogens is 2. The maximum absolute atomic E-state index is 11.9. The molecule has 0 amide bonds. The molecule has 22 heavy (non-hydrogen) atoms. The molecule has 120 valence electrons. The zero-order valence-corrected chi connectivity index (χ0v) is 15.0. The number of rotatable bonds is 4. The molecule has 0 atom stereocenters. The molecule has 0 saturated heterocycles. The molecule has 1 aromatic heterocycles. The lowest BCUT2D eigenvalue weighted by Gasteiger charge is -2.10. The Morgan fingerprint density at radius 3 is 2.32 bits per heavy atom. The molecule has 0 aliphatic rings. The van der Waals surface area contributed by atoms with Crippen LogP contribution in [0.4, 0.5) is 0 Å². The van der Waals surface area contributed by atoms with Gasteiger partial charge in [-0.05, 0) is 31.5 Å². The van der Waals surface area contributed by atoms with Crippen LogP contribution in [0, 0.1) is 13.8 Å². The second-order valence-electron chi connectivity index (χ2n) is 4.61. The average Bonchev–Trinajstić information content (AvgIpc) is 2.55. The van der Waals surface area contributed by atoms with Gasteiger partial charge in [-0.2, -0.15) is 5.10 Å². The highest BCUT2D eigenvalue weighted by atomic mass is 32.2. The molecule has 0 spiro atoms. The summed E-state index contributed by atoms with van der Waals surface area (Å²) in [7, 11) is 3.34. The Labute approximate surface area is 136 Å². The Bertz CT molecular complexity index is 664. The van der Waals surface area contributed by atoms with E-state index < -0.39 is 0 Å². The van der Waals surface area contributed by atoms with Gasteiger partial charge in [-0.1, -0.05) is 26.0 Å². The van der Waals surface area contributed by atoms with Gasteiger partial charge < -0.3 is 4.74 Å². The summed E-state index contributed by atoms with van der Waals surface area (Å²) in [5.41, 5.74) is 2.81. The molecular formula is C17H24N2O2S. The zero-order valence-electron chi connectivity index (χ0n) is 14.1. The van der Waals surface area contributed by atoms with Gasteiger partial charge in [0.2, 0.25) is 0 Å². The third-order valence-corrected chi connectivity index (χ3v) is 4.49. The lowest BCUT2D eigenvalue weighted by molar-refractivity contribution is 0.414. The average molecular weight is 320 g/mol.